The summed E-state index contributed by atoms with van der Waals surface area (Å²) in [5, 5.41) is 0.791. The predicted octanol–water partition coefficient (Wildman–Crippen LogP) is 5.41. The second-order valence-corrected chi connectivity index (χ2v) is 6.92. The van der Waals surface area contributed by atoms with E-state index in [0.717, 1.165) is 30.2 Å². The molecule has 2 aromatic rings. The fraction of sp³-hybridized carbons (Fsp3) is 0.429. The summed E-state index contributed by atoms with van der Waals surface area (Å²) >= 11 is 6.20. The van der Waals surface area contributed by atoms with Crippen LogP contribution in [0.25, 0.3) is 0 Å². The number of benzene rings is 2. The van der Waals surface area contributed by atoms with E-state index < -0.39 is 0 Å². The predicted molar refractivity (Wildman–Crippen MR) is 108 cm³/mol. The molecule has 1 fully saturated rings. The molecular weight excluding hydrogens is 353 g/mol. The van der Waals surface area contributed by atoms with Crippen LogP contribution in [0.15, 0.2) is 48.5 Å². The van der Waals surface area contributed by atoms with Crippen LogP contribution in [0.5, 0.6) is 5.75 Å². The fourth-order valence-electron chi connectivity index (χ4n) is 3.27. The highest BCUT2D eigenvalue weighted by Crippen LogP contribution is 2.24. The summed E-state index contributed by atoms with van der Waals surface area (Å²) in [6.07, 6.45) is 5.96. The number of piperidine rings is 1. The molecule has 136 valence electrons. The molecule has 4 heteroatoms. The third-order valence-corrected chi connectivity index (χ3v) is 4.89. The maximum atomic E-state index is 6.20. The van der Waals surface area contributed by atoms with Gasteiger partial charge < -0.3 is 9.64 Å². The van der Waals surface area contributed by atoms with Gasteiger partial charge in [0, 0.05) is 18.0 Å². The quantitative estimate of drug-likeness (QED) is 0.637. The summed E-state index contributed by atoms with van der Waals surface area (Å²) in [5.74, 6) is 0.979. The van der Waals surface area contributed by atoms with Crippen molar-refractivity contribution in [3.05, 3.63) is 64.7 Å². The Bertz CT molecular complexity index is 627. The van der Waals surface area contributed by atoms with Crippen LogP contribution in [0, 0.1) is 0 Å². The minimum absolute atomic E-state index is 0. The molecule has 0 saturated carbocycles. The van der Waals surface area contributed by atoms with Crippen molar-refractivity contribution in [3.63, 3.8) is 0 Å². The Labute approximate surface area is 162 Å². The van der Waals surface area contributed by atoms with E-state index in [4.69, 9.17) is 16.3 Å². The summed E-state index contributed by atoms with van der Waals surface area (Å²) in [4.78, 5) is 2.55. The van der Waals surface area contributed by atoms with E-state index in [1.54, 1.807) is 0 Å². The molecule has 1 saturated heterocycles. The minimum atomic E-state index is 0. The number of ether oxygens (including phenoxy) is 1. The lowest BCUT2D eigenvalue weighted by Gasteiger charge is -2.26. The highest BCUT2D eigenvalue weighted by molar-refractivity contribution is 6.30. The van der Waals surface area contributed by atoms with E-state index in [0.29, 0.717) is 6.61 Å². The van der Waals surface area contributed by atoms with Crippen molar-refractivity contribution in [2.45, 2.75) is 32.1 Å². The van der Waals surface area contributed by atoms with E-state index in [2.05, 4.69) is 35.2 Å². The monoisotopic (exact) mass is 379 g/mol. The molecule has 3 rings (SSSR count). The molecule has 1 aliphatic heterocycles. The molecule has 0 bridgehead atoms. The molecule has 0 amide bonds. The first-order valence-corrected chi connectivity index (χ1v) is 9.36. The van der Waals surface area contributed by atoms with Crippen molar-refractivity contribution in [2.24, 2.45) is 0 Å². The van der Waals surface area contributed by atoms with Gasteiger partial charge in [0.25, 0.3) is 0 Å². The molecule has 1 aliphatic rings. The number of halogens is 2. The zero-order valence-corrected chi connectivity index (χ0v) is 16.2. The van der Waals surface area contributed by atoms with E-state index in [1.807, 2.05) is 18.2 Å². The van der Waals surface area contributed by atoms with E-state index in [1.165, 1.54) is 43.5 Å². The Balaban J connectivity index is 0.00000225. The van der Waals surface area contributed by atoms with Crippen molar-refractivity contribution >= 4 is 24.0 Å². The highest BCUT2D eigenvalue weighted by atomic mass is 35.5. The van der Waals surface area contributed by atoms with Gasteiger partial charge in [0.05, 0.1) is 6.61 Å². The van der Waals surface area contributed by atoms with Crippen molar-refractivity contribution < 1.29 is 4.74 Å². The van der Waals surface area contributed by atoms with Crippen molar-refractivity contribution in [1.82, 2.24) is 4.90 Å². The second-order valence-electron chi connectivity index (χ2n) is 6.49. The SMILES string of the molecule is Cl.Clc1ccc(OCCc2ccccc2)c(CCN2CCCCC2)c1. The van der Waals surface area contributed by atoms with Gasteiger partial charge in [0.15, 0.2) is 0 Å². The summed E-state index contributed by atoms with van der Waals surface area (Å²) in [6.45, 7) is 4.24. The first-order valence-electron chi connectivity index (χ1n) is 8.99. The van der Waals surface area contributed by atoms with Crippen LogP contribution >= 0.6 is 24.0 Å². The highest BCUT2D eigenvalue weighted by Gasteiger charge is 2.12. The van der Waals surface area contributed by atoms with Crippen molar-refractivity contribution in [3.8, 4) is 5.75 Å². The molecule has 1 heterocycles. The lowest BCUT2D eigenvalue weighted by atomic mass is 10.1. The zero-order chi connectivity index (χ0) is 16.6. The number of nitrogens with zero attached hydrogens (tertiary/aromatic N) is 1. The molecular formula is C21H27Cl2NO. The summed E-state index contributed by atoms with van der Waals surface area (Å²) in [6, 6.07) is 16.5. The summed E-state index contributed by atoms with van der Waals surface area (Å²) in [5.41, 5.74) is 2.53. The third-order valence-electron chi connectivity index (χ3n) is 4.66. The average molecular weight is 380 g/mol. The first-order chi connectivity index (χ1) is 11.8. The van der Waals surface area contributed by atoms with Crippen LogP contribution in [-0.2, 0) is 12.8 Å². The van der Waals surface area contributed by atoms with Crippen LogP contribution in [0.3, 0.4) is 0 Å². The Kier molecular flexibility index (Phi) is 8.60. The van der Waals surface area contributed by atoms with Gasteiger partial charge in [-0.2, -0.15) is 0 Å². The Morgan fingerprint density at radius 1 is 0.920 bits per heavy atom. The third kappa shape index (κ3) is 6.54. The van der Waals surface area contributed by atoms with Gasteiger partial charge in [-0.25, -0.2) is 0 Å². The van der Waals surface area contributed by atoms with Gasteiger partial charge in [-0.05, 0) is 61.7 Å². The van der Waals surface area contributed by atoms with E-state index in [9.17, 15) is 0 Å². The Hall–Kier alpha value is -1.22. The van der Waals surface area contributed by atoms with Crippen LogP contribution in [0.2, 0.25) is 5.02 Å². The lowest BCUT2D eigenvalue weighted by molar-refractivity contribution is 0.230. The maximum absolute atomic E-state index is 6.20. The normalized spacial score (nSPS) is 14.8. The average Bonchev–Trinajstić information content (AvgIpc) is 2.63. The van der Waals surface area contributed by atoms with Gasteiger partial charge in [0.1, 0.15) is 5.75 Å². The van der Waals surface area contributed by atoms with Crippen molar-refractivity contribution in [1.29, 1.82) is 0 Å². The molecule has 2 aromatic carbocycles. The van der Waals surface area contributed by atoms with E-state index >= 15 is 0 Å². The zero-order valence-electron chi connectivity index (χ0n) is 14.6. The Morgan fingerprint density at radius 3 is 2.44 bits per heavy atom. The number of likely N-dealkylation sites (tertiary alicyclic amines) is 1. The van der Waals surface area contributed by atoms with Gasteiger partial charge >= 0.3 is 0 Å². The van der Waals surface area contributed by atoms with Crippen LogP contribution in [-0.4, -0.2) is 31.1 Å². The van der Waals surface area contributed by atoms with Crippen LogP contribution in [0.1, 0.15) is 30.4 Å². The maximum Gasteiger partial charge on any atom is 0.122 e. The number of hydrogen-bond acceptors (Lipinski definition) is 2. The second kappa shape index (κ2) is 10.7. The molecule has 0 atom stereocenters. The molecule has 0 spiro atoms. The molecule has 25 heavy (non-hydrogen) atoms. The largest absolute Gasteiger partial charge is 0.493 e. The first kappa shape index (κ1) is 20.1. The van der Waals surface area contributed by atoms with Crippen LogP contribution in [0.4, 0.5) is 0 Å². The van der Waals surface area contributed by atoms with Crippen molar-refractivity contribution in [2.75, 3.05) is 26.2 Å². The van der Waals surface area contributed by atoms with Gasteiger partial charge in [0.2, 0.25) is 0 Å². The van der Waals surface area contributed by atoms with E-state index in [-0.39, 0.29) is 12.4 Å². The minimum Gasteiger partial charge on any atom is -0.493 e. The summed E-state index contributed by atoms with van der Waals surface area (Å²) in [7, 11) is 0. The molecule has 0 aliphatic carbocycles. The molecule has 2 nitrogen and oxygen atoms in total. The standard InChI is InChI=1S/C21H26ClNO.ClH/c22-20-9-10-21(24-16-12-18-7-3-1-4-8-18)19(17-20)11-15-23-13-5-2-6-14-23;/h1,3-4,7-10,17H,2,5-6,11-16H2;1H. The van der Waals surface area contributed by atoms with Crippen LogP contribution < -0.4 is 4.74 Å². The summed E-state index contributed by atoms with van der Waals surface area (Å²) < 4.78 is 6.06. The molecule has 0 aromatic heterocycles. The van der Waals surface area contributed by atoms with Gasteiger partial charge in [-0.15, -0.1) is 12.4 Å². The lowest BCUT2D eigenvalue weighted by Crippen LogP contribution is -2.31. The molecule has 0 unspecified atom stereocenters. The Morgan fingerprint density at radius 2 is 1.68 bits per heavy atom. The topological polar surface area (TPSA) is 12.5 Å². The molecule has 0 radical (unpaired) electrons. The molecule has 0 N–H and O–H groups in total. The number of hydrogen-bond donors (Lipinski definition) is 0. The van der Waals surface area contributed by atoms with Gasteiger partial charge in [-0.3, -0.25) is 0 Å². The number of rotatable bonds is 7. The fourth-order valence-corrected chi connectivity index (χ4v) is 3.46. The smallest absolute Gasteiger partial charge is 0.122 e. The van der Waals surface area contributed by atoms with Gasteiger partial charge in [-0.1, -0.05) is 48.4 Å².